The Morgan fingerprint density at radius 2 is 1.00 bits per heavy atom. The molecule has 0 spiro atoms. The van der Waals surface area contributed by atoms with Crippen LogP contribution in [-0.2, 0) is 0 Å². The summed E-state index contributed by atoms with van der Waals surface area (Å²) in [7, 11) is 0. The highest BCUT2D eigenvalue weighted by Gasteiger charge is 2.19. The highest BCUT2D eigenvalue weighted by atomic mass is 15.1. The van der Waals surface area contributed by atoms with Crippen molar-refractivity contribution >= 4 is 51.1 Å². The number of rotatable bonds is 2. The van der Waals surface area contributed by atoms with Gasteiger partial charge in [-0.2, -0.15) is 0 Å². The summed E-state index contributed by atoms with van der Waals surface area (Å²) >= 11 is 0. The quantitative estimate of drug-likeness (QED) is 0.330. The van der Waals surface area contributed by atoms with Crippen LogP contribution in [0.25, 0.3) is 45.1 Å². The second-order valence-corrected chi connectivity index (χ2v) is 7.24. The molecule has 0 aromatic heterocycles. The fourth-order valence-corrected chi connectivity index (χ4v) is 4.40. The molecule has 3 N–H and O–H groups in total. The van der Waals surface area contributed by atoms with E-state index in [4.69, 9.17) is 5.41 Å². The Morgan fingerprint density at radius 3 is 1.46 bits per heavy atom. The Balaban J connectivity index is 1.30. The van der Waals surface area contributed by atoms with Crippen molar-refractivity contribution in [3.8, 4) is 0 Å². The van der Waals surface area contributed by atoms with Crippen LogP contribution in [0.3, 0.4) is 0 Å². The Hall–Kier alpha value is -3.85. The zero-order valence-corrected chi connectivity index (χ0v) is 15.1. The first-order valence-corrected chi connectivity index (χ1v) is 9.38. The van der Waals surface area contributed by atoms with Gasteiger partial charge in [0, 0.05) is 22.5 Å². The molecule has 0 bridgehead atoms. The van der Waals surface area contributed by atoms with Gasteiger partial charge < -0.3 is 10.6 Å². The first-order chi connectivity index (χ1) is 13.8. The second-order valence-electron chi connectivity index (χ2n) is 7.24. The maximum atomic E-state index is 8.51. The standard InChI is InChI=1S/C25H17N3/c26-25(27-21-13-17-9-1-5-15-7-3-11-19(21)23(15)17)28-22-14-18-10-2-6-16-8-4-12-20(22)24(16)18/h1-14H,(H3,26,27,28). The summed E-state index contributed by atoms with van der Waals surface area (Å²) in [4.78, 5) is 0. The van der Waals surface area contributed by atoms with E-state index < -0.39 is 0 Å². The van der Waals surface area contributed by atoms with Crippen molar-refractivity contribution in [1.29, 1.82) is 5.41 Å². The summed E-state index contributed by atoms with van der Waals surface area (Å²) in [5.74, 6) is 0.270. The van der Waals surface area contributed by atoms with Crippen molar-refractivity contribution in [3.05, 3.63) is 95.1 Å². The molecular formula is C25H17N3. The molecule has 6 rings (SSSR count). The van der Waals surface area contributed by atoms with Crippen LogP contribution in [-0.4, -0.2) is 5.96 Å². The minimum atomic E-state index is 0.270. The first-order valence-electron chi connectivity index (χ1n) is 9.38. The maximum Gasteiger partial charge on any atom is 0.197 e. The van der Waals surface area contributed by atoms with Gasteiger partial charge in [-0.3, -0.25) is 5.41 Å². The molecule has 132 valence electrons. The van der Waals surface area contributed by atoms with E-state index in [0.717, 1.165) is 22.5 Å². The normalized spacial score (nSPS) is 13.6. The fourth-order valence-electron chi connectivity index (χ4n) is 4.40. The van der Waals surface area contributed by atoms with Gasteiger partial charge in [0.2, 0.25) is 0 Å². The fraction of sp³-hybridized carbons (Fsp3) is 0. The zero-order valence-electron chi connectivity index (χ0n) is 15.1. The van der Waals surface area contributed by atoms with Gasteiger partial charge in [-0.15, -0.1) is 0 Å². The molecule has 3 heteroatoms. The lowest BCUT2D eigenvalue weighted by atomic mass is 10.0. The zero-order chi connectivity index (χ0) is 18.7. The highest BCUT2D eigenvalue weighted by Crippen LogP contribution is 2.36. The second kappa shape index (κ2) is 5.57. The van der Waals surface area contributed by atoms with Crippen molar-refractivity contribution in [3.63, 3.8) is 0 Å². The number of nitrogens with one attached hydrogen (secondary N) is 3. The van der Waals surface area contributed by atoms with Crippen molar-refractivity contribution in [1.82, 2.24) is 10.6 Å². The largest absolute Gasteiger partial charge is 0.326 e. The molecule has 2 aliphatic rings. The Kier molecular flexibility index (Phi) is 3.03. The molecule has 0 amide bonds. The topological polar surface area (TPSA) is 47.9 Å². The highest BCUT2D eigenvalue weighted by molar-refractivity contribution is 6.14. The molecule has 0 fully saturated rings. The summed E-state index contributed by atoms with van der Waals surface area (Å²) in [6.07, 6.45) is 4.23. The summed E-state index contributed by atoms with van der Waals surface area (Å²) in [5.41, 5.74) is 6.59. The first kappa shape index (κ1) is 15.2. The third-order valence-corrected chi connectivity index (χ3v) is 5.57. The Bertz CT molecular complexity index is 1260. The van der Waals surface area contributed by atoms with Crippen molar-refractivity contribution < 1.29 is 0 Å². The Labute approximate surface area is 162 Å². The number of hydrogen-bond donors (Lipinski definition) is 3. The predicted molar refractivity (Wildman–Crippen MR) is 118 cm³/mol. The third kappa shape index (κ3) is 2.13. The van der Waals surface area contributed by atoms with E-state index in [9.17, 15) is 0 Å². The minimum Gasteiger partial charge on any atom is -0.326 e. The van der Waals surface area contributed by atoms with Crippen LogP contribution in [0.2, 0.25) is 0 Å². The molecule has 4 aromatic rings. The third-order valence-electron chi connectivity index (χ3n) is 5.57. The number of guanidine groups is 1. The molecule has 28 heavy (non-hydrogen) atoms. The average Bonchev–Trinajstić information content (AvgIpc) is 3.24. The SMILES string of the molecule is N=C(NC1=Cc2cccc3cccc1c23)NC1=Cc2cccc3cccc1c23. The maximum absolute atomic E-state index is 8.51. The molecule has 0 radical (unpaired) electrons. The molecule has 0 aliphatic heterocycles. The molecule has 4 aromatic carbocycles. The van der Waals surface area contributed by atoms with Gasteiger partial charge in [0.15, 0.2) is 5.96 Å². The van der Waals surface area contributed by atoms with Crippen LogP contribution in [0, 0.1) is 5.41 Å². The molecule has 0 saturated carbocycles. The van der Waals surface area contributed by atoms with Crippen LogP contribution in [0.5, 0.6) is 0 Å². The summed E-state index contributed by atoms with van der Waals surface area (Å²) in [5, 5.41) is 20.0. The molecule has 0 saturated heterocycles. The molecule has 0 heterocycles. The van der Waals surface area contributed by atoms with Crippen LogP contribution in [0.4, 0.5) is 0 Å². The lowest BCUT2D eigenvalue weighted by Crippen LogP contribution is -2.33. The van der Waals surface area contributed by atoms with E-state index >= 15 is 0 Å². The van der Waals surface area contributed by atoms with Crippen LogP contribution in [0.15, 0.2) is 72.8 Å². The van der Waals surface area contributed by atoms with Gasteiger partial charge in [-0.25, -0.2) is 0 Å². The Morgan fingerprint density at radius 1 is 0.571 bits per heavy atom. The molecule has 0 atom stereocenters. The van der Waals surface area contributed by atoms with E-state index in [2.05, 4.69) is 95.6 Å². The lowest BCUT2D eigenvalue weighted by Gasteiger charge is -2.14. The van der Waals surface area contributed by atoms with Crippen LogP contribution in [0.1, 0.15) is 22.3 Å². The van der Waals surface area contributed by atoms with Gasteiger partial charge in [-0.05, 0) is 44.8 Å². The monoisotopic (exact) mass is 359 g/mol. The molecule has 0 unspecified atom stereocenters. The minimum absolute atomic E-state index is 0.270. The van der Waals surface area contributed by atoms with Crippen molar-refractivity contribution in [2.24, 2.45) is 0 Å². The van der Waals surface area contributed by atoms with Gasteiger partial charge in [0.05, 0.1) is 0 Å². The van der Waals surface area contributed by atoms with E-state index in [-0.39, 0.29) is 5.96 Å². The summed E-state index contributed by atoms with van der Waals surface area (Å²) in [6, 6.07) is 25.3. The van der Waals surface area contributed by atoms with E-state index in [1.165, 1.54) is 32.7 Å². The molecular weight excluding hydrogens is 342 g/mol. The molecule has 2 aliphatic carbocycles. The summed E-state index contributed by atoms with van der Waals surface area (Å²) < 4.78 is 0. The van der Waals surface area contributed by atoms with E-state index in [1.807, 2.05) is 0 Å². The lowest BCUT2D eigenvalue weighted by molar-refractivity contribution is 1.12. The number of benzene rings is 4. The smallest absolute Gasteiger partial charge is 0.197 e. The van der Waals surface area contributed by atoms with Crippen molar-refractivity contribution in [2.75, 3.05) is 0 Å². The van der Waals surface area contributed by atoms with Crippen molar-refractivity contribution in [2.45, 2.75) is 0 Å². The number of hydrogen-bond acceptors (Lipinski definition) is 1. The van der Waals surface area contributed by atoms with Gasteiger partial charge >= 0.3 is 0 Å². The van der Waals surface area contributed by atoms with E-state index in [0.29, 0.717) is 0 Å². The predicted octanol–water partition coefficient (Wildman–Crippen LogP) is 5.43. The molecule has 3 nitrogen and oxygen atoms in total. The average molecular weight is 359 g/mol. The van der Waals surface area contributed by atoms with Gasteiger partial charge in [0.25, 0.3) is 0 Å². The van der Waals surface area contributed by atoms with Crippen LogP contribution >= 0.6 is 0 Å². The van der Waals surface area contributed by atoms with E-state index in [1.54, 1.807) is 0 Å². The summed E-state index contributed by atoms with van der Waals surface area (Å²) in [6.45, 7) is 0. The van der Waals surface area contributed by atoms with Gasteiger partial charge in [0.1, 0.15) is 0 Å². The van der Waals surface area contributed by atoms with Crippen LogP contribution < -0.4 is 10.6 Å². The van der Waals surface area contributed by atoms with Gasteiger partial charge in [-0.1, -0.05) is 72.8 Å².